The van der Waals surface area contributed by atoms with Crippen LogP contribution in [0.1, 0.15) is 17.5 Å². The first-order valence-corrected chi connectivity index (χ1v) is 10.9. The molecule has 5 nitrogen and oxygen atoms in total. The monoisotopic (exact) mass is 495 g/mol. The average molecular weight is 497 g/mol. The zero-order chi connectivity index (χ0) is 20.8. The molecular weight excluding hydrogens is 478 g/mol. The molecule has 0 N–H and O–H groups in total. The van der Waals surface area contributed by atoms with Crippen LogP contribution >= 0.6 is 39.3 Å². The summed E-state index contributed by atoms with van der Waals surface area (Å²) in [5.41, 5.74) is 1.57. The molecule has 0 aromatic heterocycles. The van der Waals surface area contributed by atoms with Crippen LogP contribution in [0.25, 0.3) is 6.08 Å². The number of halogens is 2. The Morgan fingerprint density at radius 2 is 2.00 bits per heavy atom. The molecule has 0 spiro atoms. The molecule has 1 heterocycles. The summed E-state index contributed by atoms with van der Waals surface area (Å²) < 4.78 is 11.8. The highest BCUT2D eigenvalue weighted by atomic mass is 79.9. The number of hydrogen-bond donors (Lipinski definition) is 0. The van der Waals surface area contributed by atoms with Crippen molar-refractivity contribution < 1.29 is 19.1 Å². The van der Waals surface area contributed by atoms with Crippen LogP contribution in [0.5, 0.6) is 5.75 Å². The molecule has 1 fully saturated rings. The molecule has 29 heavy (non-hydrogen) atoms. The van der Waals surface area contributed by atoms with Crippen LogP contribution in [-0.2, 0) is 16.1 Å². The van der Waals surface area contributed by atoms with Gasteiger partial charge in [0.2, 0.25) is 0 Å². The minimum atomic E-state index is -0.298. The lowest BCUT2D eigenvalue weighted by molar-refractivity contribution is -0.122. The lowest BCUT2D eigenvalue weighted by Gasteiger charge is -2.12. The van der Waals surface area contributed by atoms with E-state index in [0.29, 0.717) is 47.4 Å². The van der Waals surface area contributed by atoms with Gasteiger partial charge in [-0.2, -0.15) is 0 Å². The molecular formula is C21H19BrClNO4S. The predicted molar refractivity (Wildman–Crippen MR) is 119 cm³/mol. The van der Waals surface area contributed by atoms with Crippen LogP contribution in [-0.4, -0.2) is 36.3 Å². The molecule has 0 aliphatic carbocycles. The van der Waals surface area contributed by atoms with Gasteiger partial charge in [0.05, 0.1) is 4.91 Å². The van der Waals surface area contributed by atoms with Crippen molar-refractivity contribution in [2.75, 3.05) is 20.3 Å². The highest BCUT2D eigenvalue weighted by Gasteiger charge is 2.34. The van der Waals surface area contributed by atoms with Gasteiger partial charge in [-0.1, -0.05) is 45.7 Å². The van der Waals surface area contributed by atoms with Crippen molar-refractivity contribution in [2.45, 2.75) is 13.0 Å². The third kappa shape index (κ3) is 5.63. The normalized spacial score (nSPS) is 15.4. The van der Waals surface area contributed by atoms with Gasteiger partial charge in [0.25, 0.3) is 11.1 Å². The second-order valence-corrected chi connectivity index (χ2v) is 8.56. The molecule has 1 aliphatic rings. The molecule has 0 radical (unpaired) electrons. The second kappa shape index (κ2) is 10.3. The molecule has 2 amide bonds. The van der Waals surface area contributed by atoms with Crippen LogP contribution < -0.4 is 4.74 Å². The Morgan fingerprint density at radius 1 is 1.21 bits per heavy atom. The van der Waals surface area contributed by atoms with Gasteiger partial charge in [-0.15, -0.1) is 0 Å². The first-order valence-electron chi connectivity index (χ1n) is 8.89. The van der Waals surface area contributed by atoms with Crippen molar-refractivity contribution >= 4 is 56.5 Å². The highest BCUT2D eigenvalue weighted by molar-refractivity contribution is 9.10. The van der Waals surface area contributed by atoms with Gasteiger partial charge in [0, 0.05) is 40.9 Å². The van der Waals surface area contributed by atoms with Crippen LogP contribution in [0.3, 0.4) is 0 Å². The van der Waals surface area contributed by atoms with Crippen LogP contribution in [0.4, 0.5) is 4.79 Å². The quantitative estimate of drug-likeness (QED) is 0.344. The summed E-state index contributed by atoms with van der Waals surface area (Å²) in [4.78, 5) is 26.5. The number of nitrogens with zero attached hydrogens (tertiary/aromatic N) is 1. The van der Waals surface area contributed by atoms with Crippen molar-refractivity contribution in [1.29, 1.82) is 0 Å². The Hall–Kier alpha value is -1.80. The van der Waals surface area contributed by atoms with Crippen molar-refractivity contribution in [3.05, 3.63) is 68.0 Å². The standard InChI is InChI=1S/C21H19BrClNO4S/c1-27-10-4-9-24-20(25)19(29-21(24)26)12-15-11-16(22)7-8-18(15)28-13-14-5-2-3-6-17(14)23/h2-3,5-8,11-12H,4,9-10,13H2,1H3/b19-12+. The summed E-state index contributed by atoms with van der Waals surface area (Å²) in [5.74, 6) is 0.299. The summed E-state index contributed by atoms with van der Waals surface area (Å²) >= 11 is 10.6. The lowest BCUT2D eigenvalue weighted by atomic mass is 10.1. The SMILES string of the molecule is COCCCN1C(=O)S/C(=C/c2cc(Br)ccc2OCc2ccccc2Cl)C1=O. The maximum Gasteiger partial charge on any atom is 0.293 e. The van der Waals surface area contributed by atoms with E-state index in [4.69, 9.17) is 21.1 Å². The van der Waals surface area contributed by atoms with Crippen LogP contribution in [0.2, 0.25) is 5.02 Å². The fourth-order valence-electron chi connectivity index (χ4n) is 2.74. The Balaban J connectivity index is 1.79. The third-order valence-corrected chi connectivity index (χ3v) is 5.97. The minimum absolute atomic E-state index is 0.272. The van der Waals surface area contributed by atoms with Crippen LogP contribution in [0.15, 0.2) is 51.8 Å². The van der Waals surface area contributed by atoms with Gasteiger partial charge in [-0.25, -0.2) is 0 Å². The van der Waals surface area contributed by atoms with E-state index < -0.39 is 0 Å². The number of rotatable bonds is 8. The van der Waals surface area contributed by atoms with E-state index in [0.717, 1.165) is 21.8 Å². The molecule has 1 saturated heterocycles. The molecule has 2 aromatic rings. The largest absolute Gasteiger partial charge is 0.488 e. The van der Waals surface area contributed by atoms with E-state index >= 15 is 0 Å². The number of amides is 2. The fraction of sp³-hybridized carbons (Fsp3) is 0.238. The number of carbonyl (C=O) groups is 2. The Bertz CT molecular complexity index is 950. The summed E-state index contributed by atoms with van der Waals surface area (Å²) in [6.45, 7) is 1.12. The van der Waals surface area contributed by atoms with Gasteiger partial charge in [0.1, 0.15) is 12.4 Å². The zero-order valence-corrected chi connectivity index (χ0v) is 18.9. The fourth-order valence-corrected chi connectivity index (χ4v) is 4.16. The second-order valence-electron chi connectivity index (χ2n) is 6.24. The maximum atomic E-state index is 12.6. The number of ether oxygens (including phenoxy) is 2. The summed E-state index contributed by atoms with van der Waals surface area (Å²) in [6.07, 6.45) is 2.29. The van der Waals surface area contributed by atoms with Crippen molar-refractivity contribution in [3.8, 4) is 5.75 Å². The highest BCUT2D eigenvalue weighted by Crippen LogP contribution is 2.35. The van der Waals surface area contributed by atoms with Crippen molar-refractivity contribution in [3.63, 3.8) is 0 Å². The summed E-state index contributed by atoms with van der Waals surface area (Å²) in [5, 5.41) is 0.356. The molecule has 2 aromatic carbocycles. The molecule has 1 aliphatic heterocycles. The first kappa shape index (κ1) is 21.9. The molecule has 0 bridgehead atoms. The first-order chi connectivity index (χ1) is 14.0. The predicted octanol–water partition coefficient (Wildman–Crippen LogP) is 5.75. The minimum Gasteiger partial charge on any atom is -0.488 e. The van der Waals surface area contributed by atoms with E-state index in [1.165, 1.54) is 4.90 Å². The van der Waals surface area contributed by atoms with Crippen molar-refractivity contribution in [2.24, 2.45) is 0 Å². The van der Waals surface area contributed by atoms with Gasteiger partial charge in [-0.05, 0) is 48.5 Å². The molecule has 0 unspecified atom stereocenters. The Morgan fingerprint density at radius 3 is 2.76 bits per heavy atom. The van der Waals surface area contributed by atoms with Crippen molar-refractivity contribution in [1.82, 2.24) is 4.90 Å². The third-order valence-electron chi connectivity index (χ3n) is 4.20. The lowest BCUT2D eigenvalue weighted by Crippen LogP contribution is -2.29. The van der Waals surface area contributed by atoms with E-state index in [9.17, 15) is 9.59 Å². The van der Waals surface area contributed by atoms with E-state index in [-0.39, 0.29) is 11.1 Å². The smallest absolute Gasteiger partial charge is 0.293 e. The van der Waals surface area contributed by atoms with E-state index in [1.54, 1.807) is 13.2 Å². The number of imide groups is 1. The number of thioether (sulfide) groups is 1. The average Bonchev–Trinajstić information content (AvgIpc) is 2.96. The van der Waals surface area contributed by atoms with E-state index in [2.05, 4.69) is 15.9 Å². The Kier molecular flexibility index (Phi) is 7.77. The van der Waals surface area contributed by atoms with Gasteiger partial charge in [0.15, 0.2) is 0 Å². The van der Waals surface area contributed by atoms with Crippen LogP contribution in [0, 0.1) is 0 Å². The van der Waals surface area contributed by atoms with E-state index in [1.807, 2.05) is 42.5 Å². The topological polar surface area (TPSA) is 55.8 Å². The number of benzene rings is 2. The molecule has 0 atom stereocenters. The van der Waals surface area contributed by atoms with Gasteiger partial charge in [-0.3, -0.25) is 14.5 Å². The number of carbonyl (C=O) groups excluding carboxylic acids is 2. The zero-order valence-electron chi connectivity index (χ0n) is 15.7. The molecule has 152 valence electrons. The van der Waals surface area contributed by atoms with Gasteiger partial charge < -0.3 is 9.47 Å². The summed E-state index contributed by atoms with van der Waals surface area (Å²) in [7, 11) is 1.59. The van der Waals surface area contributed by atoms with Gasteiger partial charge >= 0.3 is 0 Å². The molecule has 0 saturated carbocycles. The Labute approximate surface area is 187 Å². The number of methoxy groups -OCH3 is 1. The molecule has 3 rings (SSSR count). The summed E-state index contributed by atoms with van der Waals surface area (Å²) in [6, 6.07) is 13.0. The maximum absolute atomic E-state index is 12.6. The molecule has 8 heteroatoms. The number of hydrogen-bond acceptors (Lipinski definition) is 5.